The lowest BCUT2D eigenvalue weighted by Gasteiger charge is -2.32. The van der Waals surface area contributed by atoms with E-state index in [1.165, 1.54) is 23.6 Å². The first-order valence-corrected chi connectivity index (χ1v) is 9.74. The highest BCUT2D eigenvalue weighted by molar-refractivity contribution is 7.03. The Bertz CT molecular complexity index is 1010. The minimum atomic E-state index is -1.24. The van der Waals surface area contributed by atoms with Crippen molar-refractivity contribution in [2.24, 2.45) is 0 Å². The van der Waals surface area contributed by atoms with Crippen molar-refractivity contribution in [1.82, 2.24) is 14.9 Å². The van der Waals surface area contributed by atoms with Gasteiger partial charge in [-0.3, -0.25) is 14.5 Å². The fourth-order valence-corrected chi connectivity index (χ4v) is 3.24. The van der Waals surface area contributed by atoms with Gasteiger partial charge in [-0.1, -0.05) is 16.6 Å². The molecule has 1 aromatic carbocycles. The number of anilines is 1. The Hall–Kier alpha value is -3.07. The number of benzene rings is 1. The van der Waals surface area contributed by atoms with Gasteiger partial charge in [-0.2, -0.15) is 0 Å². The molecule has 7 nitrogen and oxygen atoms in total. The number of nitrogens with one attached hydrogen (secondary N) is 1. The smallest absolute Gasteiger partial charge is 0.280 e. The average molecular weight is 416 g/mol. The third kappa shape index (κ3) is 4.68. The van der Waals surface area contributed by atoms with Gasteiger partial charge in [0.1, 0.15) is 17.3 Å². The Labute approximate surface area is 171 Å². The van der Waals surface area contributed by atoms with Crippen LogP contribution in [0.2, 0.25) is 0 Å². The zero-order valence-corrected chi connectivity index (χ0v) is 17.3. The summed E-state index contributed by atoms with van der Waals surface area (Å²) in [6.07, 6.45) is 0. The molecule has 0 aliphatic heterocycles. The molecular formula is C20H21FN4O3S. The van der Waals surface area contributed by atoms with Crippen LogP contribution in [0.3, 0.4) is 0 Å². The van der Waals surface area contributed by atoms with Crippen LogP contribution in [-0.2, 0) is 4.79 Å². The lowest BCUT2D eigenvalue weighted by Crippen LogP contribution is -2.49. The molecule has 2 aromatic heterocycles. The molecule has 3 rings (SSSR count). The van der Waals surface area contributed by atoms with E-state index >= 15 is 0 Å². The van der Waals surface area contributed by atoms with Crippen molar-refractivity contribution in [2.45, 2.75) is 39.3 Å². The molecule has 9 heteroatoms. The highest BCUT2D eigenvalue weighted by Gasteiger charge is 2.38. The van der Waals surface area contributed by atoms with Gasteiger partial charge in [0.05, 0.1) is 5.69 Å². The van der Waals surface area contributed by atoms with Crippen molar-refractivity contribution < 1.29 is 18.4 Å². The maximum atomic E-state index is 14.7. The van der Waals surface area contributed by atoms with Crippen LogP contribution in [0.1, 0.15) is 48.8 Å². The first kappa shape index (κ1) is 20.7. The Kier molecular flexibility index (Phi) is 5.78. The third-order valence-electron chi connectivity index (χ3n) is 3.95. The summed E-state index contributed by atoms with van der Waals surface area (Å²) in [5.74, 6) is -1.05. The maximum Gasteiger partial charge on any atom is 0.280 e. The Morgan fingerprint density at radius 2 is 1.93 bits per heavy atom. The Balaban J connectivity index is 2.18. The molecule has 0 aliphatic rings. The normalized spacial score (nSPS) is 12.4. The van der Waals surface area contributed by atoms with Crippen LogP contribution in [0, 0.1) is 12.7 Å². The van der Waals surface area contributed by atoms with E-state index in [-0.39, 0.29) is 17.1 Å². The van der Waals surface area contributed by atoms with E-state index in [1.54, 1.807) is 25.1 Å². The van der Waals surface area contributed by atoms with Crippen molar-refractivity contribution in [3.05, 3.63) is 64.8 Å². The SMILES string of the molecule is Cc1ccc([C@@H](C(=O)NC(C)(C)C)N(C(=O)c2csnn2)c2ccccc2F)o1. The number of hydrogen-bond acceptors (Lipinski definition) is 6. The first-order chi connectivity index (χ1) is 13.7. The van der Waals surface area contributed by atoms with Gasteiger partial charge in [-0.25, -0.2) is 4.39 Å². The van der Waals surface area contributed by atoms with Gasteiger partial charge >= 0.3 is 0 Å². The zero-order valence-electron chi connectivity index (χ0n) is 16.5. The molecule has 2 amide bonds. The van der Waals surface area contributed by atoms with Gasteiger partial charge in [0.2, 0.25) is 0 Å². The molecular weight excluding hydrogens is 395 g/mol. The van der Waals surface area contributed by atoms with Crippen molar-refractivity contribution in [3.8, 4) is 0 Å². The molecule has 0 bridgehead atoms. The number of nitrogens with zero attached hydrogens (tertiary/aromatic N) is 3. The quantitative estimate of drug-likeness (QED) is 0.682. The molecule has 0 saturated heterocycles. The number of aryl methyl sites for hydroxylation is 1. The van der Waals surface area contributed by atoms with E-state index in [0.29, 0.717) is 5.76 Å². The number of amides is 2. The van der Waals surface area contributed by atoms with E-state index in [4.69, 9.17) is 4.42 Å². The minimum Gasteiger partial charge on any atom is -0.464 e. The number of hydrogen-bond donors (Lipinski definition) is 1. The number of carbonyl (C=O) groups is 2. The second-order valence-corrected chi connectivity index (χ2v) is 8.12. The summed E-state index contributed by atoms with van der Waals surface area (Å²) in [6.45, 7) is 7.17. The van der Waals surface area contributed by atoms with Crippen LogP contribution in [0.5, 0.6) is 0 Å². The monoisotopic (exact) mass is 416 g/mol. The van der Waals surface area contributed by atoms with Crippen LogP contribution in [0.15, 0.2) is 46.2 Å². The number of aromatic nitrogens is 2. The predicted molar refractivity (Wildman–Crippen MR) is 107 cm³/mol. The number of carbonyl (C=O) groups excluding carboxylic acids is 2. The highest BCUT2D eigenvalue weighted by atomic mass is 32.1. The largest absolute Gasteiger partial charge is 0.464 e. The molecule has 0 spiro atoms. The van der Waals surface area contributed by atoms with Gasteiger partial charge < -0.3 is 9.73 Å². The Morgan fingerprint density at radius 1 is 1.21 bits per heavy atom. The fraction of sp³-hybridized carbons (Fsp3) is 0.300. The second-order valence-electron chi connectivity index (χ2n) is 7.51. The minimum absolute atomic E-state index is 0.00934. The number of halogens is 1. The van der Waals surface area contributed by atoms with E-state index in [0.717, 1.165) is 16.4 Å². The second kappa shape index (κ2) is 8.12. The van der Waals surface area contributed by atoms with E-state index in [1.807, 2.05) is 20.8 Å². The summed E-state index contributed by atoms with van der Waals surface area (Å²) < 4.78 is 24.1. The topological polar surface area (TPSA) is 88.3 Å². The predicted octanol–water partition coefficient (Wildman–Crippen LogP) is 3.88. The van der Waals surface area contributed by atoms with Gasteiger partial charge in [-0.05, 0) is 63.5 Å². The summed E-state index contributed by atoms with van der Waals surface area (Å²) in [6, 6.07) is 7.79. The molecule has 152 valence electrons. The van der Waals surface area contributed by atoms with Gasteiger partial charge in [-0.15, -0.1) is 5.10 Å². The number of furan rings is 1. The van der Waals surface area contributed by atoms with Crippen molar-refractivity contribution in [3.63, 3.8) is 0 Å². The molecule has 0 fully saturated rings. The van der Waals surface area contributed by atoms with Crippen LogP contribution in [-0.4, -0.2) is 26.9 Å². The standard InChI is InChI=1S/C20H21FN4O3S/c1-12-9-10-16(28-12)17(18(26)22-20(2,3)4)25(15-8-6-5-7-13(15)21)19(27)14-11-29-24-23-14/h5-11,17H,1-4H3,(H,22,26)/t17-/m0/s1. The summed E-state index contributed by atoms with van der Waals surface area (Å²) in [4.78, 5) is 27.6. The molecule has 0 unspecified atom stereocenters. The number of para-hydroxylation sites is 1. The van der Waals surface area contributed by atoms with Crippen molar-refractivity contribution in [1.29, 1.82) is 0 Å². The zero-order chi connectivity index (χ0) is 21.2. The van der Waals surface area contributed by atoms with E-state index < -0.39 is 29.2 Å². The maximum absolute atomic E-state index is 14.7. The summed E-state index contributed by atoms with van der Waals surface area (Å²) in [5, 5.41) is 8.09. The van der Waals surface area contributed by atoms with Crippen LogP contribution in [0.25, 0.3) is 0 Å². The molecule has 1 atom stereocenters. The summed E-state index contributed by atoms with van der Waals surface area (Å²) >= 11 is 0.988. The van der Waals surface area contributed by atoms with Crippen LogP contribution in [0.4, 0.5) is 10.1 Å². The summed E-state index contributed by atoms with van der Waals surface area (Å²) in [7, 11) is 0. The molecule has 3 aromatic rings. The van der Waals surface area contributed by atoms with Gasteiger partial charge in [0.25, 0.3) is 11.8 Å². The summed E-state index contributed by atoms with van der Waals surface area (Å²) in [5.41, 5.74) is -0.632. The fourth-order valence-electron chi connectivity index (χ4n) is 2.81. The average Bonchev–Trinajstić information content (AvgIpc) is 3.30. The van der Waals surface area contributed by atoms with Crippen LogP contribution < -0.4 is 10.2 Å². The lowest BCUT2D eigenvalue weighted by atomic mass is 10.1. The molecule has 0 aliphatic carbocycles. The van der Waals surface area contributed by atoms with E-state index in [9.17, 15) is 14.0 Å². The lowest BCUT2D eigenvalue weighted by molar-refractivity contribution is -0.124. The molecule has 1 N–H and O–H groups in total. The van der Waals surface area contributed by atoms with Crippen LogP contribution >= 0.6 is 11.5 Å². The van der Waals surface area contributed by atoms with Gasteiger partial charge in [0, 0.05) is 10.9 Å². The first-order valence-electron chi connectivity index (χ1n) is 8.91. The van der Waals surface area contributed by atoms with Gasteiger partial charge in [0.15, 0.2) is 11.7 Å². The molecule has 0 radical (unpaired) electrons. The van der Waals surface area contributed by atoms with Crippen molar-refractivity contribution >= 4 is 29.0 Å². The van der Waals surface area contributed by atoms with Crippen molar-refractivity contribution in [2.75, 3.05) is 4.90 Å². The molecule has 0 saturated carbocycles. The Morgan fingerprint density at radius 3 is 2.48 bits per heavy atom. The highest BCUT2D eigenvalue weighted by Crippen LogP contribution is 2.32. The van der Waals surface area contributed by atoms with E-state index in [2.05, 4.69) is 14.9 Å². The molecule has 29 heavy (non-hydrogen) atoms. The third-order valence-corrected chi connectivity index (χ3v) is 4.45. The molecule has 2 heterocycles. The number of rotatable bonds is 5.